The van der Waals surface area contributed by atoms with Gasteiger partial charge in [-0.25, -0.2) is 9.78 Å². The maximum absolute atomic E-state index is 15.6. The molecule has 3 N–H and O–H groups in total. The van der Waals surface area contributed by atoms with Crippen LogP contribution in [-0.2, 0) is 33.0 Å². The minimum Gasteiger partial charge on any atom is -0.489 e. The number of rotatable bonds is 11. The molecule has 0 spiro atoms. The second-order valence-electron chi connectivity index (χ2n) is 18.6. The van der Waals surface area contributed by atoms with E-state index in [0.29, 0.717) is 45.8 Å². The van der Waals surface area contributed by atoms with Crippen molar-refractivity contribution in [2.75, 3.05) is 4.90 Å². The van der Waals surface area contributed by atoms with Crippen molar-refractivity contribution in [1.29, 1.82) is 0 Å². The third-order valence-electron chi connectivity index (χ3n) is 12.3. The van der Waals surface area contributed by atoms with Gasteiger partial charge in [-0.1, -0.05) is 98.8 Å². The maximum Gasteiger partial charge on any atom is 0.408 e. The van der Waals surface area contributed by atoms with Crippen LogP contribution in [-0.4, -0.2) is 67.2 Å². The predicted molar refractivity (Wildman–Crippen MR) is 248 cm³/mol. The van der Waals surface area contributed by atoms with Crippen LogP contribution in [0.15, 0.2) is 132 Å². The largest absolute Gasteiger partial charge is 0.489 e. The van der Waals surface area contributed by atoms with Crippen LogP contribution in [0.3, 0.4) is 0 Å². The zero-order valence-electron chi connectivity index (χ0n) is 37.4. The zero-order chi connectivity index (χ0) is 46.5. The van der Waals surface area contributed by atoms with E-state index in [1.807, 2.05) is 56.3 Å². The molecule has 0 saturated carbocycles. The van der Waals surface area contributed by atoms with Gasteiger partial charge in [0.25, 0.3) is 17.4 Å². The summed E-state index contributed by atoms with van der Waals surface area (Å²) in [6.45, 7) is 9.41. The number of nitrogens with zero attached hydrogens (tertiary/aromatic N) is 4. The Hall–Kier alpha value is -7.32. The molecule has 4 heterocycles. The first kappa shape index (κ1) is 43.9. The number of fused-ring (bicyclic) bond motifs is 7. The Morgan fingerprint density at radius 2 is 1.50 bits per heavy atom. The Morgan fingerprint density at radius 3 is 2.23 bits per heavy atom. The molecule has 6 aromatic rings. The summed E-state index contributed by atoms with van der Waals surface area (Å²) in [5.74, 6) is -0.822. The predicted octanol–water partition coefficient (Wildman–Crippen LogP) is 7.09. The summed E-state index contributed by atoms with van der Waals surface area (Å²) in [6.07, 6.45) is -2.26. The van der Waals surface area contributed by atoms with Gasteiger partial charge in [0.1, 0.15) is 47.6 Å². The van der Waals surface area contributed by atoms with Gasteiger partial charge in [-0.3, -0.25) is 28.6 Å². The first-order valence-electron chi connectivity index (χ1n) is 22.3. The molecule has 0 radical (unpaired) electrons. The molecule has 14 heteroatoms. The summed E-state index contributed by atoms with van der Waals surface area (Å²) < 4.78 is 13.1. The number of alkyl carbamates (subject to hydrolysis) is 1. The molecule has 0 aliphatic carbocycles. The number of nitrogens with one attached hydrogen (secondary N) is 2. The fourth-order valence-corrected chi connectivity index (χ4v) is 9.49. The summed E-state index contributed by atoms with van der Waals surface area (Å²) in [6, 6.07) is 34.1. The van der Waals surface area contributed by atoms with E-state index in [1.54, 1.807) is 106 Å². The number of hydrogen-bond acceptors (Lipinski definition) is 9. The van der Waals surface area contributed by atoms with Crippen molar-refractivity contribution in [3.8, 4) is 11.4 Å². The number of anilines is 1. The SMILES string of the molecule is CC(C)C[C@H]1C(=O)N2c3ccccc3[C@@](O)(C[C@@H]3NC(=O)c4ccccc4-n4c3nc3ccccc3c4=O)[C@H]2N1C(=O)C(Cc1ccc(OCc2ccccc2)cc1)NC(=O)OC(C)(C)C. The highest BCUT2D eigenvalue weighted by molar-refractivity contribution is 6.07. The lowest BCUT2D eigenvalue weighted by Gasteiger charge is -2.40. The van der Waals surface area contributed by atoms with Crippen molar-refractivity contribution < 1.29 is 33.8 Å². The minimum absolute atomic E-state index is 0.00153. The van der Waals surface area contributed by atoms with Crippen LogP contribution < -0.4 is 25.8 Å². The maximum atomic E-state index is 15.6. The van der Waals surface area contributed by atoms with Crippen molar-refractivity contribution in [3.05, 3.63) is 166 Å². The van der Waals surface area contributed by atoms with Crippen LogP contribution in [0.2, 0.25) is 0 Å². The molecular formula is C52H52N6O8. The van der Waals surface area contributed by atoms with Gasteiger partial charge in [0.05, 0.1) is 33.9 Å². The van der Waals surface area contributed by atoms with E-state index in [1.165, 1.54) is 14.4 Å². The Kier molecular flexibility index (Phi) is 11.5. The standard InChI is InChI=1S/C52H52N6O8/c1-31(2)27-43-48(62)57-42-22-14-11-19-37(42)52(64,29-40-44-53-38-20-12-9-17-35(38)46(60)56(44)41-21-13-10-18-36(41)45(59)54-40)49(57)58(43)47(61)39(55-50(63)66-51(3,4)5)28-32-23-25-34(26-24-32)65-30-33-15-7-6-8-16-33/h6-26,31,39-40,43,49,64H,27-30H2,1-5H3,(H,54,59)(H,55,63)/t39?,40-,43-,49+,52-/m0/s1. The van der Waals surface area contributed by atoms with Gasteiger partial charge in [0, 0.05) is 18.4 Å². The van der Waals surface area contributed by atoms with Crippen LogP contribution in [0.1, 0.15) is 86.4 Å². The van der Waals surface area contributed by atoms with Crippen LogP contribution in [0.25, 0.3) is 16.6 Å². The van der Waals surface area contributed by atoms with E-state index in [0.717, 1.165) is 5.56 Å². The molecule has 5 aromatic carbocycles. The van der Waals surface area contributed by atoms with Crippen LogP contribution in [0.4, 0.5) is 10.5 Å². The average Bonchev–Trinajstić information content (AvgIpc) is 3.67. The summed E-state index contributed by atoms with van der Waals surface area (Å²) in [7, 11) is 0. The van der Waals surface area contributed by atoms with E-state index >= 15 is 4.79 Å². The number of ether oxygens (including phenoxy) is 2. The lowest BCUT2D eigenvalue weighted by atomic mass is 9.85. The molecular weight excluding hydrogens is 837 g/mol. The average molecular weight is 889 g/mol. The van der Waals surface area contributed by atoms with E-state index < -0.39 is 64.9 Å². The van der Waals surface area contributed by atoms with Crippen molar-refractivity contribution >= 4 is 40.4 Å². The fourth-order valence-electron chi connectivity index (χ4n) is 9.49. The molecule has 14 nitrogen and oxygen atoms in total. The second kappa shape index (κ2) is 17.2. The summed E-state index contributed by atoms with van der Waals surface area (Å²) in [5, 5.41) is 19.9. The number of para-hydroxylation sites is 3. The van der Waals surface area contributed by atoms with E-state index in [4.69, 9.17) is 14.5 Å². The Labute approximate surface area is 382 Å². The molecule has 1 saturated heterocycles. The van der Waals surface area contributed by atoms with Crippen molar-refractivity contribution in [2.45, 2.75) is 96.0 Å². The highest BCUT2D eigenvalue weighted by Gasteiger charge is 2.64. The van der Waals surface area contributed by atoms with Crippen molar-refractivity contribution in [1.82, 2.24) is 25.1 Å². The lowest BCUT2D eigenvalue weighted by molar-refractivity contribution is -0.145. The molecule has 3 aliphatic heterocycles. The topological polar surface area (TPSA) is 172 Å². The molecule has 4 amide bonds. The monoisotopic (exact) mass is 888 g/mol. The van der Waals surface area contributed by atoms with Crippen molar-refractivity contribution in [3.63, 3.8) is 0 Å². The number of amides is 4. The highest BCUT2D eigenvalue weighted by atomic mass is 16.6. The van der Waals surface area contributed by atoms with Crippen LogP contribution >= 0.6 is 0 Å². The molecule has 1 fully saturated rings. The van der Waals surface area contributed by atoms with E-state index in [-0.39, 0.29) is 36.6 Å². The normalized spacial score (nSPS) is 20.2. The number of hydrogen-bond donors (Lipinski definition) is 3. The van der Waals surface area contributed by atoms with Gasteiger partial charge < -0.3 is 30.1 Å². The van der Waals surface area contributed by atoms with Gasteiger partial charge in [0.2, 0.25) is 5.91 Å². The molecule has 338 valence electrons. The number of carbonyl (C=O) groups is 4. The lowest BCUT2D eigenvalue weighted by Crippen LogP contribution is -2.60. The van der Waals surface area contributed by atoms with E-state index in [9.17, 15) is 24.3 Å². The second-order valence-corrected chi connectivity index (χ2v) is 18.6. The Balaban J connectivity index is 1.13. The number of aliphatic hydroxyl groups is 1. The summed E-state index contributed by atoms with van der Waals surface area (Å²) in [4.78, 5) is 80.8. The molecule has 0 bridgehead atoms. The zero-order valence-corrected chi connectivity index (χ0v) is 37.4. The third-order valence-corrected chi connectivity index (χ3v) is 12.3. The first-order valence-corrected chi connectivity index (χ1v) is 22.3. The fraction of sp³-hybridized carbons (Fsp3) is 0.308. The molecule has 1 aromatic heterocycles. The summed E-state index contributed by atoms with van der Waals surface area (Å²) in [5.41, 5.74) is 0.0183. The van der Waals surface area contributed by atoms with Crippen molar-refractivity contribution in [2.24, 2.45) is 5.92 Å². The summed E-state index contributed by atoms with van der Waals surface area (Å²) >= 11 is 0. The first-order chi connectivity index (χ1) is 31.6. The van der Waals surface area contributed by atoms with Gasteiger partial charge in [-0.15, -0.1) is 0 Å². The van der Waals surface area contributed by atoms with Gasteiger partial charge in [-0.05, 0) is 86.7 Å². The Bertz CT molecular complexity index is 2910. The van der Waals surface area contributed by atoms with Gasteiger partial charge >= 0.3 is 6.09 Å². The quantitative estimate of drug-likeness (QED) is 0.123. The number of benzene rings is 5. The minimum atomic E-state index is -2.06. The molecule has 9 rings (SSSR count). The Morgan fingerprint density at radius 1 is 0.833 bits per heavy atom. The number of carbonyl (C=O) groups excluding carboxylic acids is 4. The van der Waals surface area contributed by atoms with Crippen LogP contribution in [0.5, 0.6) is 5.75 Å². The highest BCUT2D eigenvalue weighted by Crippen LogP contribution is 2.53. The van der Waals surface area contributed by atoms with Crippen LogP contribution in [0, 0.1) is 5.92 Å². The van der Waals surface area contributed by atoms with Gasteiger partial charge in [-0.2, -0.15) is 0 Å². The third kappa shape index (κ3) is 8.17. The molecule has 5 atom stereocenters. The molecule has 1 unspecified atom stereocenters. The van der Waals surface area contributed by atoms with Gasteiger partial charge in [0.15, 0.2) is 0 Å². The van der Waals surface area contributed by atoms with E-state index in [2.05, 4.69) is 10.6 Å². The number of aromatic nitrogens is 2. The molecule has 66 heavy (non-hydrogen) atoms. The smallest absolute Gasteiger partial charge is 0.408 e. The molecule has 3 aliphatic rings.